The molecule has 0 bridgehead atoms. The monoisotopic (exact) mass is 280 g/mol. The van der Waals surface area contributed by atoms with Crippen molar-refractivity contribution in [1.82, 2.24) is 14.9 Å². The largest absolute Gasteiger partial charge is 0.364 e. The third kappa shape index (κ3) is 3.13. The van der Waals surface area contributed by atoms with Crippen LogP contribution in [0.3, 0.4) is 0 Å². The Morgan fingerprint density at radius 3 is 2.85 bits per heavy atom. The van der Waals surface area contributed by atoms with Crippen LogP contribution in [-0.4, -0.2) is 59.6 Å². The molecule has 0 amide bonds. The van der Waals surface area contributed by atoms with Crippen molar-refractivity contribution in [3.05, 3.63) is 16.4 Å². The second-order valence-electron chi connectivity index (χ2n) is 4.83. The van der Waals surface area contributed by atoms with Crippen molar-refractivity contribution in [3.63, 3.8) is 0 Å². The van der Waals surface area contributed by atoms with E-state index in [2.05, 4.69) is 27.2 Å². The van der Waals surface area contributed by atoms with E-state index in [0.29, 0.717) is 18.2 Å². The minimum Gasteiger partial charge on any atom is -0.364 e. The van der Waals surface area contributed by atoms with E-state index in [1.165, 1.54) is 6.33 Å². The highest BCUT2D eigenvalue weighted by molar-refractivity contribution is 5.70. The standard InChI is InChI=1S/C12H20N6O2/c1-3-13-11-10(18(19)20)12(15-9-14-11)17-6-4-5-16(2)7-8-17/h9H,3-8H2,1-2H3,(H,13,14,15). The van der Waals surface area contributed by atoms with Gasteiger partial charge < -0.3 is 15.1 Å². The molecule has 20 heavy (non-hydrogen) atoms. The van der Waals surface area contributed by atoms with Gasteiger partial charge in [0, 0.05) is 26.2 Å². The first-order valence-corrected chi connectivity index (χ1v) is 6.80. The van der Waals surface area contributed by atoms with Gasteiger partial charge in [-0.2, -0.15) is 0 Å². The van der Waals surface area contributed by atoms with E-state index >= 15 is 0 Å². The number of nitro groups is 1. The van der Waals surface area contributed by atoms with Crippen molar-refractivity contribution >= 4 is 17.3 Å². The third-order valence-electron chi connectivity index (χ3n) is 3.35. The van der Waals surface area contributed by atoms with Crippen LogP contribution in [0.1, 0.15) is 13.3 Å². The molecular weight excluding hydrogens is 260 g/mol. The van der Waals surface area contributed by atoms with Crippen LogP contribution < -0.4 is 10.2 Å². The van der Waals surface area contributed by atoms with E-state index in [-0.39, 0.29) is 5.69 Å². The van der Waals surface area contributed by atoms with Crippen molar-refractivity contribution in [2.45, 2.75) is 13.3 Å². The summed E-state index contributed by atoms with van der Waals surface area (Å²) in [5, 5.41) is 14.3. The van der Waals surface area contributed by atoms with Crippen molar-refractivity contribution in [2.75, 3.05) is 50.0 Å². The lowest BCUT2D eigenvalue weighted by molar-refractivity contribution is -0.383. The zero-order chi connectivity index (χ0) is 14.5. The lowest BCUT2D eigenvalue weighted by Crippen LogP contribution is -2.30. The molecule has 0 saturated carbocycles. The fraction of sp³-hybridized carbons (Fsp3) is 0.667. The van der Waals surface area contributed by atoms with E-state index in [1.54, 1.807) is 0 Å². The fourth-order valence-electron chi connectivity index (χ4n) is 2.32. The van der Waals surface area contributed by atoms with E-state index in [9.17, 15) is 10.1 Å². The molecule has 1 aromatic rings. The van der Waals surface area contributed by atoms with Gasteiger partial charge in [-0.1, -0.05) is 0 Å². The molecule has 1 aromatic heterocycles. The van der Waals surface area contributed by atoms with Crippen LogP contribution in [0.4, 0.5) is 17.3 Å². The second kappa shape index (κ2) is 6.47. The molecule has 0 aliphatic carbocycles. The Hall–Kier alpha value is -1.96. The Morgan fingerprint density at radius 1 is 1.35 bits per heavy atom. The quantitative estimate of drug-likeness (QED) is 0.649. The maximum Gasteiger partial charge on any atom is 0.353 e. The maximum absolute atomic E-state index is 11.4. The van der Waals surface area contributed by atoms with Crippen LogP contribution >= 0.6 is 0 Å². The van der Waals surface area contributed by atoms with E-state index in [1.807, 2.05) is 11.8 Å². The number of hydrogen-bond acceptors (Lipinski definition) is 7. The number of rotatable bonds is 4. The third-order valence-corrected chi connectivity index (χ3v) is 3.35. The van der Waals surface area contributed by atoms with Gasteiger partial charge in [-0.15, -0.1) is 0 Å². The molecule has 1 saturated heterocycles. The Bertz CT molecular complexity index is 481. The SMILES string of the molecule is CCNc1ncnc(N2CCCN(C)CC2)c1[N+](=O)[O-]. The average Bonchev–Trinajstić information content (AvgIpc) is 2.63. The second-order valence-corrected chi connectivity index (χ2v) is 4.83. The summed E-state index contributed by atoms with van der Waals surface area (Å²) in [5.74, 6) is 0.705. The van der Waals surface area contributed by atoms with Crippen molar-refractivity contribution in [2.24, 2.45) is 0 Å². The molecule has 1 aliphatic rings. The van der Waals surface area contributed by atoms with Crippen LogP contribution in [0.2, 0.25) is 0 Å². The minimum absolute atomic E-state index is 0.0288. The lowest BCUT2D eigenvalue weighted by Gasteiger charge is -2.21. The molecule has 2 heterocycles. The topological polar surface area (TPSA) is 87.4 Å². The average molecular weight is 280 g/mol. The normalized spacial score (nSPS) is 16.8. The van der Waals surface area contributed by atoms with Gasteiger partial charge in [0.15, 0.2) is 0 Å². The summed E-state index contributed by atoms with van der Waals surface area (Å²) in [6.45, 7) is 5.84. The number of likely N-dealkylation sites (N-methyl/N-ethyl adjacent to an activating group) is 1. The lowest BCUT2D eigenvalue weighted by atomic mass is 10.3. The molecule has 1 N–H and O–H groups in total. The van der Waals surface area contributed by atoms with E-state index < -0.39 is 4.92 Å². The molecule has 0 atom stereocenters. The summed E-state index contributed by atoms with van der Waals surface area (Å²) in [5.41, 5.74) is -0.0288. The zero-order valence-electron chi connectivity index (χ0n) is 11.9. The van der Waals surface area contributed by atoms with Gasteiger partial charge in [-0.3, -0.25) is 10.1 Å². The highest BCUT2D eigenvalue weighted by Crippen LogP contribution is 2.31. The van der Waals surface area contributed by atoms with Crippen LogP contribution in [0.5, 0.6) is 0 Å². The summed E-state index contributed by atoms with van der Waals surface area (Å²) in [4.78, 5) is 23.3. The molecule has 2 rings (SSSR count). The van der Waals surface area contributed by atoms with Crippen LogP contribution in [-0.2, 0) is 0 Å². The first-order chi connectivity index (χ1) is 9.63. The first kappa shape index (κ1) is 14.4. The highest BCUT2D eigenvalue weighted by Gasteiger charge is 2.27. The van der Waals surface area contributed by atoms with Crippen molar-refractivity contribution in [1.29, 1.82) is 0 Å². The van der Waals surface area contributed by atoms with Gasteiger partial charge in [-0.05, 0) is 26.9 Å². The molecule has 110 valence electrons. The molecule has 0 aromatic carbocycles. The van der Waals surface area contributed by atoms with Gasteiger partial charge in [0.05, 0.1) is 4.92 Å². The van der Waals surface area contributed by atoms with Crippen LogP contribution in [0, 0.1) is 10.1 Å². The molecule has 1 aliphatic heterocycles. The number of anilines is 2. The predicted molar refractivity (Wildman–Crippen MR) is 77.2 cm³/mol. The Balaban J connectivity index is 2.34. The summed E-state index contributed by atoms with van der Waals surface area (Å²) < 4.78 is 0. The molecule has 0 radical (unpaired) electrons. The summed E-state index contributed by atoms with van der Waals surface area (Å²) in [6.07, 6.45) is 2.35. The maximum atomic E-state index is 11.4. The number of nitrogens with zero attached hydrogens (tertiary/aromatic N) is 5. The Labute approximate surface area is 118 Å². The molecule has 0 unspecified atom stereocenters. The smallest absolute Gasteiger partial charge is 0.353 e. The van der Waals surface area contributed by atoms with E-state index in [0.717, 1.165) is 32.6 Å². The summed E-state index contributed by atoms with van der Waals surface area (Å²) in [6, 6.07) is 0. The van der Waals surface area contributed by atoms with Gasteiger partial charge in [0.25, 0.3) is 0 Å². The number of nitrogens with one attached hydrogen (secondary N) is 1. The molecular formula is C12H20N6O2. The first-order valence-electron chi connectivity index (χ1n) is 6.80. The highest BCUT2D eigenvalue weighted by atomic mass is 16.6. The molecule has 8 nitrogen and oxygen atoms in total. The van der Waals surface area contributed by atoms with Crippen molar-refractivity contribution in [3.8, 4) is 0 Å². The van der Waals surface area contributed by atoms with Crippen molar-refractivity contribution < 1.29 is 4.92 Å². The van der Waals surface area contributed by atoms with E-state index in [4.69, 9.17) is 0 Å². The van der Waals surface area contributed by atoms with Gasteiger partial charge in [-0.25, -0.2) is 9.97 Å². The molecule has 0 spiro atoms. The summed E-state index contributed by atoms with van der Waals surface area (Å²) in [7, 11) is 2.06. The van der Waals surface area contributed by atoms with Gasteiger partial charge in [0.1, 0.15) is 6.33 Å². The van der Waals surface area contributed by atoms with Gasteiger partial charge in [0.2, 0.25) is 11.6 Å². The molecule has 8 heteroatoms. The predicted octanol–water partition coefficient (Wildman–Crippen LogP) is 0.959. The summed E-state index contributed by atoms with van der Waals surface area (Å²) >= 11 is 0. The molecule has 1 fully saturated rings. The number of hydrogen-bond donors (Lipinski definition) is 1. The number of aromatic nitrogens is 2. The fourth-order valence-corrected chi connectivity index (χ4v) is 2.32. The Kier molecular flexibility index (Phi) is 4.67. The Morgan fingerprint density at radius 2 is 2.15 bits per heavy atom. The minimum atomic E-state index is -0.401. The van der Waals surface area contributed by atoms with Crippen LogP contribution in [0.15, 0.2) is 6.33 Å². The van der Waals surface area contributed by atoms with Crippen LogP contribution in [0.25, 0.3) is 0 Å². The van der Waals surface area contributed by atoms with Gasteiger partial charge >= 0.3 is 5.69 Å². The zero-order valence-corrected chi connectivity index (χ0v) is 11.9.